The second kappa shape index (κ2) is 8.14. The SMILES string of the molecule is COc1ccc([C@@H](C)N(C)CC(=O)N2c3ccc(S(N)(=O)=O)cc3C[C@@H]2C)cc1. The standard InChI is InChI=1S/C21H27N3O4S/c1-14-11-17-12-19(29(22,26)27)9-10-20(17)24(14)21(25)13-23(3)15(2)16-5-7-18(28-4)8-6-16/h5-10,12,14-15H,11,13H2,1-4H3,(H2,22,26,27)/t14-,15+/m0/s1. The molecule has 1 heterocycles. The molecule has 0 fully saturated rings. The number of likely N-dealkylation sites (N-methyl/N-ethyl adjacent to an activating group) is 1. The van der Waals surface area contributed by atoms with E-state index < -0.39 is 10.0 Å². The second-order valence-electron chi connectivity index (χ2n) is 7.52. The van der Waals surface area contributed by atoms with Crippen LogP contribution in [0.5, 0.6) is 5.75 Å². The van der Waals surface area contributed by atoms with Crippen molar-refractivity contribution in [2.24, 2.45) is 5.14 Å². The van der Waals surface area contributed by atoms with Crippen LogP contribution in [0.3, 0.4) is 0 Å². The number of amides is 1. The predicted octanol–water partition coefficient (Wildman–Crippen LogP) is 2.31. The fourth-order valence-electron chi connectivity index (χ4n) is 3.73. The molecule has 1 amide bonds. The van der Waals surface area contributed by atoms with Crippen molar-refractivity contribution in [2.45, 2.75) is 37.2 Å². The Hall–Kier alpha value is -2.42. The topological polar surface area (TPSA) is 92.9 Å². The summed E-state index contributed by atoms with van der Waals surface area (Å²) in [6.07, 6.45) is 0.599. The zero-order valence-electron chi connectivity index (χ0n) is 17.1. The fourth-order valence-corrected chi connectivity index (χ4v) is 4.29. The molecule has 0 radical (unpaired) electrons. The molecule has 0 unspecified atom stereocenters. The van der Waals surface area contributed by atoms with Crippen LogP contribution >= 0.6 is 0 Å². The number of carbonyl (C=O) groups is 1. The second-order valence-corrected chi connectivity index (χ2v) is 9.08. The number of hydrogen-bond donors (Lipinski definition) is 1. The lowest BCUT2D eigenvalue weighted by Gasteiger charge is -2.29. The maximum absolute atomic E-state index is 13.1. The average molecular weight is 418 g/mol. The van der Waals surface area contributed by atoms with Gasteiger partial charge in [-0.3, -0.25) is 9.69 Å². The highest BCUT2D eigenvalue weighted by atomic mass is 32.2. The van der Waals surface area contributed by atoms with Crippen molar-refractivity contribution in [3.05, 3.63) is 53.6 Å². The van der Waals surface area contributed by atoms with E-state index in [1.165, 1.54) is 6.07 Å². The highest BCUT2D eigenvalue weighted by Gasteiger charge is 2.32. The Bertz CT molecular complexity index is 1010. The lowest BCUT2D eigenvalue weighted by Crippen LogP contribution is -2.42. The third-order valence-electron chi connectivity index (χ3n) is 5.51. The summed E-state index contributed by atoms with van der Waals surface area (Å²) in [7, 11) is -0.222. The third kappa shape index (κ3) is 4.44. The van der Waals surface area contributed by atoms with Crippen molar-refractivity contribution >= 4 is 21.6 Å². The average Bonchev–Trinajstić information content (AvgIpc) is 3.01. The molecule has 2 aromatic rings. The molecule has 0 aromatic heterocycles. The third-order valence-corrected chi connectivity index (χ3v) is 6.42. The van der Waals surface area contributed by atoms with Crippen LogP contribution in [0.15, 0.2) is 47.4 Å². The molecule has 2 N–H and O–H groups in total. The zero-order chi connectivity index (χ0) is 21.3. The van der Waals surface area contributed by atoms with E-state index in [0.717, 1.165) is 22.6 Å². The summed E-state index contributed by atoms with van der Waals surface area (Å²) >= 11 is 0. The predicted molar refractivity (Wildman–Crippen MR) is 113 cm³/mol. The normalized spacial score (nSPS) is 17.3. The Labute approximate surface area is 172 Å². The van der Waals surface area contributed by atoms with E-state index in [9.17, 15) is 13.2 Å². The number of benzene rings is 2. The first kappa shape index (κ1) is 21.3. The van der Waals surface area contributed by atoms with Crippen LogP contribution in [-0.4, -0.2) is 46.0 Å². The maximum atomic E-state index is 13.1. The summed E-state index contributed by atoms with van der Waals surface area (Å²) in [6, 6.07) is 12.5. The van der Waals surface area contributed by atoms with Crippen LogP contribution in [-0.2, 0) is 21.2 Å². The van der Waals surface area contributed by atoms with Gasteiger partial charge in [-0.2, -0.15) is 0 Å². The number of ether oxygens (including phenoxy) is 1. The van der Waals surface area contributed by atoms with Crippen LogP contribution < -0.4 is 14.8 Å². The van der Waals surface area contributed by atoms with Gasteiger partial charge >= 0.3 is 0 Å². The van der Waals surface area contributed by atoms with Crippen LogP contribution in [0.2, 0.25) is 0 Å². The van der Waals surface area contributed by atoms with Gasteiger partial charge < -0.3 is 9.64 Å². The molecule has 29 heavy (non-hydrogen) atoms. The molecule has 156 valence electrons. The Morgan fingerprint density at radius 3 is 2.52 bits per heavy atom. The molecular formula is C21H27N3O4S. The Morgan fingerprint density at radius 1 is 1.28 bits per heavy atom. The lowest BCUT2D eigenvalue weighted by molar-refractivity contribution is -0.120. The van der Waals surface area contributed by atoms with Crippen molar-refractivity contribution in [3.63, 3.8) is 0 Å². The van der Waals surface area contributed by atoms with Gasteiger partial charge in [0, 0.05) is 17.8 Å². The number of anilines is 1. The van der Waals surface area contributed by atoms with E-state index in [1.54, 1.807) is 24.1 Å². The van der Waals surface area contributed by atoms with Gasteiger partial charge in [-0.25, -0.2) is 13.6 Å². The monoisotopic (exact) mass is 417 g/mol. The first-order chi connectivity index (χ1) is 13.6. The van der Waals surface area contributed by atoms with E-state index in [0.29, 0.717) is 6.42 Å². The summed E-state index contributed by atoms with van der Waals surface area (Å²) in [4.78, 5) is 16.9. The number of methoxy groups -OCH3 is 1. The molecule has 1 aliphatic rings. The molecule has 0 spiro atoms. The molecule has 0 saturated carbocycles. The van der Waals surface area contributed by atoms with Crippen LogP contribution in [0.1, 0.15) is 31.0 Å². The van der Waals surface area contributed by atoms with Crippen LogP contribution in [0.25, 0.3) is 0 Å². The van der Waals surface area contributed by atoms with Crippen molar-refractivity contribution in [3.8, 4) is 5.75 Å². The van der Waals surface area contributed by atoms with Gasteiger partial charge in [0.2, 0.25) is 15.9 Å². The zero-order valence-corrected chi connectivity index (χ0v) is 17.9. The van der Waals surface area contributed by atoms with Gasteiger partial charge in [0.25, 0.3) is 0 Å². The number of nitrogens with zero attached hydrogens (tertiary/aromatic N) is 2. The van der Waals surface area contributed by atoms with Gasteiger partial charge in [0.15, 0.2) is 0 Å². The lowest BCUT2D eigenvalue weighted by atomic mass is 10.1. The minimum atomic E-state index is -3.77. The smallest absolute Gasteiger partial charge is 0.241 e. The Kier molecular flexibility index (Phi) is 5.97. The van der Waals surface area contributed by atoms with Gasteiger partial charge in [0.1, 0.15) is 5.75 Å². The highest BCUT2D eigenvalue weighted by Crippen LogP contribution is 2.34. The summed E-state index contributed by atoms with van der Waals surface area (Å²) in [6.45, 7) is 4.25. The number of nitrogens with two attached hydrogens (primary N) is 1. The number of hydrogen-bond acceptors (Lipinski definition) is 5. The quantitative estimate of drug-likeness (QED) is 0.779. The maximum Gasteiger partial charge on any atom is 0.241 e. The molecular weight excluding hydrogens is 390 g/mol. The highest BCUT2D eigenvalue weighted by molar-refractivity contribution is 7.89. The van der Waals surface area contributed by atoms with E-state index >= 15 is 0 Å². The Morgan fingerprint density at radius 2 is 1.93 bits per heavy atom. The fraction of sp³-hybridized carbons (Fsp3) is 0.381. The van der Waals surface area contributed by atoms with E-state index in [-0.39, 0.29) is 29.4 Å². The molecule has 0 bridgehead atoms. The van der Waals surface area contributed by atoms with Crippen LogP contribution in [0, 0.1) is 0 Å². The summed E-state index contributed by atoms with van der Waals surface area (Å²) in [5, 5.41) is 5.23. The number of carbonyl (C=O) groups excluding carboxylic acids is 1. The number of sulfonamides is 1. The molecule has 2 aromatic carbocycles. The van der Waals surface area contributed by atoms with Crippen molar-refractivity contribution < 1.29 is 17.9 Å². The van der Waals surface area contributed by atoms with Crippen molar-refractivity contribution in [1.82, 2.24) is 4.90 Å². The van der Waals surface area contributed by atoms with Crippen molar-refractivity contribution in [1.29, 1.82) is 0 Å². The van der Waals surface area contributed by atoms with Gasteiger partial charge in [0.05, 0.1) is 18.6 Å². The van der Waals surface area contributed by atoms with Gasteiger partial charge in [-0.05, 0) is 68.8 Å². The van der Waals surface area contributed by atoms with Crippen molar-refractivity contribution in [2.75, 3.05) is 25.6 Å². The first-order valence-corrected chi connectivity index (χ1v) is 11.0. The summed E-state index contributed by atoms with van der Waals surface area (Å²) in [5.74, 6) is 0.767. The number of primary sulfonamides is 1. The largest absolute Gasteiger partial charge is 0.497 e. The molecule has 3 rings (SSSR count). The Balaban J connectivity index is 1.75. The molecule has 0 aliphatic carbocycles. The molecule has 2 atom stereocenters. The van der Waals surface area contributed by atoms with E-state index in [1.807, 2.05) is 43.1 Å². The van der Waals surface area contributed by atoms with E-state index in [4.69, 9.17) is 9.88 Å². The van der Waals surface area contributed by atoms with Crippen LogP contribution in [0.4, 0.5) is 5.69 Å². The molecule has 7 nitrogen and oxygen atoms in total. The van der Waals surface area contributed by atoms with Gasteiger partial charge in [-0.1, -0.05) is 12.1 Å². The molecule has 1 aliphatic heterocycles. The number of rotatable bonds is 6. The summed E-state index contributed by atoms with van der Waals surface area (Å²) in [5.41, 5.74) is 2.66. The minimum Gasteiger partial charge on any atom is -0.497 e. The minimum absolute atomic E-state index is 0.0255. The molecule has 8 heteroatoms. The summed E-state index contributed by atoms with van der Waals surface area (Å²) < 4.78 is 28.4. The van der Waals surface area contributed by atoms with E-state index in [2.05, 4.69) is 6.92 Å². The first-order valence-electron chi connectivity index (χ1n) is 9.43. The molecule has 0 saturated heterocycles. The van der Waals surface area contributed by atoms with Gasteiger partial charge in [-0.15, -0.1) is 0 Å². The number of fused-ring (bicyclic) bond motifs is 1.